The number of anilines is 1. The van der Waals surface area contributed by atoms with Crippen LogP contribution in [0.5, 0.6) is 0 Å². The number of rotatable bonds is 6. The van der Waals surface area contributed by atoms with E-state index in [4.69, 9.17) is 0 Å². The molecule has 1 unspecified atom stereocenters. The molecule has 0 bridgehead atoms. The van der Waals surface area contributed by atoms with Gasteiger partial charge in [-0.1, -0.05) is 20.8 Å². The molecule has 4 heteroatoms. The highest BCUT2D eigenvalue weighted by Crippen LogP contribution is 2.24. The van der Waals surface area contributed by atoms with Crippen molar-refractivity contribution in [2.24, 2.45) is 0 Å². The van der Waals surface area contributed by atoms with Gasteiger partial charge in [-0.3, -0.25) is 0 Å². The Labute approximate surface area is 123 Å². The molecular formula is C16H28N4. The zero-order valence-electron chi connectivity index (χ0n) is 13.1. The Balaban J connectivity index is 2.08. The zero-order chi connectivity index (χ0) is 14.4. The van der Waals surface area contributed by atoms with E-state index in [2.05, 4.69) is 47.0 Å². The van der Waals surface area contributed by atoms with Crippen LogP contribution in [-0.4, -0.2) is 35.6 Å². The summed E-state index contributed by atoms with van der Waals surface area (Å²) >= 11 is 0. The number of hydrogen-bond donors (Lipinski definition) is 1. The molecule has 1 fully saturated rings. The van der Waals surface area contributed by atoms with Gasteiger partial charge in [0.25, 0.3) is 0 Å². The van der Waals surface area contributed by atoms with Crippen LogP contribution in [-0.2, 0) is 0 Å². The second-order valence-electron chi connectivity index (χ2n) is 6.00. The highest BCUT2D eigenvalue weighted by molar-refractivity contribution is 5.41. The van der Waals surface area contributed by atoms with Crippen molar-refractivity contribution in [1.82, 2.24) is 15.3 Å². The average molecular weight is 276 g/mol. The van der Waals surface area contributed by atoms with Gasteiger partial charge in [-0.25, -0.2) is 9.97 Å². The van der Waals surface area contributed by atoms with E-state index in [-0.39, 0.29) is 0 Å². The van der Waals surface area contributed by atoms with E-state index in [0.717, 1.165) is 31.1 Å². The van der Waals surface area contributed by atoms with Crippen molar-refractivity contribution >= 4 is 5.82 Å². The summed E-state index contributed by atoms with van der Waals surface area (Å²) in [5.74, 6) is 1.56. The first-order valence-electron chi connectivity index (χ1n) is 8.01. The average Bonchev–Trinajstić information content (AvgIpc) is 2.48. The Kier molecular flexibility index (Phi) is 5.77. The van der Waals surface area contributed by atoms with Gasteiger partial charge in [0, 0.05) is 30.9 Å². The Morgan fingerprint density at radius 2 is 2.20 bits per heavy atom. The largest absolute Gasteiger partial charge is 0.352 e. The first-order valence-corrected chi connectivity index (χ1v) is 8.01. The first kappa shape index (κ1) is 15.2. The second-order valence-corrected chi connectivity index (χ2v) is 6.00. The Morgan fingerprint density at radius 3 is 2.95 bits per heavy atom. The van der Waals surface area contributed by atoms with Crippen molar-refractivity contribution in [3.8, 4) is 0 Å². The number of aromatic nitrogens is 2. The van der Waals surface area contributed by atoms with Crippen LogP contribution in [0.15, 0.2) is 12.4 Å². The molecule has 0 aliphatic carbocycles. The van der Waals surface area contributed by atoms with Gasteiger partial charge in [0.2, 0.25) is 0 Å². The predicted octanol–water partition coefficient (Wildman–Crippen LogP) is 2.96. The van der Waals surface area contributed by atoms with Crippen LogP contribution >= 0.6 is 0 Å². The van der Waals surface area contributed by atoms with Crippen molar-refractivity contribution in [2.75, 3.05) is 24.5 Å². The molecule has 1 N–H and O–H groups in total. The van der Waals surface area contributed by atoms with Crippen LogP contribution in [0.1, 0.15) is 58.1 Å². The van der Waals surface area contributed by atoms with Crippen molar-refractivity contribution in [3.05, 3.63) is 18.1 Å². The van der Waals surface area contributed by atoms with Crippen molar-refractivity contribution in [3.63, 3.8) is 0 Å². The maximum atomic E-state index is 4.51. The van der Waals surface area contributed by atoms with Crippen LogP contribution in [0.25, 0.3) is 0 Å². The van der Waals surface area contributed by atoms with Crippen LogP contribution in [0.4, 0.5) is 5.82 Å². The Hall–Kier alpha value is -1.16. The smallest absolute Gasteiger partial charge is 0.132 e. The lowest BCUT2D eigenvalue weighted by molar-refractivity contribution is 0.432. The third-order valence-electron chi connectivity index (χ3n) is 3.99. The summed E-state index contributed by atoms with van der Waals surface area (Å²) in [4.78, 5) is 11.4. The minimum atomic E-state index is 0.457. The van der Waals surface area contributed by atoms with Gasteiger partial charge in [-0.2, -0.15) is 0 Å². The van der Waals surface area contributed by atoms with Gasteiger partial charge >= 0.3 is 0 Å². The molecular weight excluding hydrogens is 248 g/mol. The Morgan fingerprint density at radius 1 is 1.35 bits per heavy atom. The summed E-state index contributed by atoms with van der Waals surface area (Å²) in [6.07, 6.45) is 6.77. The van der Waals surface area contributed by atoms with E-state index < -0.39 is 0 Å². The lowest BCUT2D eigenvalue weighted by Crippen LogP contribution is -2.46. The van der Waals surface area contributed by atoms with Crippen LogP contribution in [0.2, 0.25) is 0 Å². The summed E-state index contributed by atoms with van der Waals surface area (Å²) in [5.41, 5.74) is 1.14. The molecule has 4 nitrogen and oxygen atoms in total. The fourth-order valence-electron chi connectivity index (χ4n) is 2.79. The lowest BCUT2D eigenvalue weighted by Gasteiger charge is -2.37. The third kappa shape index (κ3) is 3.92. The van der Waals surface area contributed by atoms with Crippen LogP contribution in [0.3, 0.4) is 0 Å². The van der Waals surface area contributed by atoms with Crippen LogP contribution in [0, 0.1) is 0 Å². The minimum Gasteiger partial charge on any atom is -0.352 e. The monoisotopic (exact) mass is 276 g/mol. The van der Waals surface area contributed by atoms with Gasteiger partial charge in [-0.05, 0) is 38.1 Å². The van der Waals surface area contributed by atoms with Gasteiger partial charge in [0.15, 0.2) is 0 Å². The maximum Gasteiger partial charge on any atom is 0.132 e. The zero-order valence-corrected chi connectivity index (χ0v) is 13.1. The fourth-order valence-corrected chi connectivity index (χ4v) is 2.79. The number of hydrogen-bond acceptors (Lipinski definition) is 4. The van der Waals surface area contributed by atoms with E-state index in [1.807, 2.05) is 0 Å². The molecule has 0 amide bonds. The van der Waals surface area contributed by atoms with Crippen molar-refractivity contribution < 1.29 is 0 Å². The SMILES string of the molecule is CCCNCC1CCCCN1c1cc(C(C)C)ncn1. The van der Waals surface area contributed by atoms with Crippen molar-refractivity contribution in [1.29, 1.82) is 0 Å². The molecule has 1 saturated heterocycles. The van der Waals surface area contributed by atoms with E-state index >= 15 is 0 Å². The summed E-state index contributed by atoms with van der Waals surface area (Å²) < 4.78 is 0. The van der Waals surface area contributed by atoms with E-state index in [0.29, 0.717) is 12.0 Å². The highest BCUT2D eigenvalue weighted by atomic mass is 15.2. The molecule has 112 valence electrons. The van der Waals surface area contributed by atoms with Crippen LogP contribution < -0.4 is 10.2 Å². The molecule has 2 heterocycles. The first-order chi connectivity index (χ1) is 9.72. The van der Waals surface area contributed by atoms with E-state index in [1.165, 1.54) is 25.7 Å². The van der Waals surface area contributed by atoms with Gasteiger partial charge in [-0.15, -0.1) is 0 Å². The van der Waals surface area contributed by atoms with E-state index in [9.17, 15) is 0 Å². The molecule has 20 heavy (non-hydrogen) atoms. The molecule has 1 atom stereocenters. The Bertz CT molecular complexity index is 405. The molecule has 1 aliphatic rings. The van der Waals surface area contributed by atoms with Gasteiger partial charge in [0.1, 0.15) is 12.1 Å². The molecule has 2 rings (SSSR count). The molecule has 0 aromatic carbocycles. The topological polar surface area (TPSA) is 41.0 Å². The highest BCUT2D eigenvalue weighted by Gasteiger charge is 2.23. The molecule has 0 saturated carbocycles. The predicted molar refractivity (Wildman–Crippen MR) is 84.3 cm³/mol. The summed E-state index contributed by atoms with van der Waals surface area (Å²) in [6.45, 7) is 9.86. The number of nitrogens with one attached hydrogen (secondary N) is 1. The number of piperidine rings is 1. The molecule has 0 spiro atoms. The second kappa shape index (κ2) is 7.58. The van der Waals surface area contributed by atoms with Crippen molar-refractivity contribution in [2.45, 2.75) is 58.4 Å². The standard InChI is InChI=1S/C16H28N4/c1-4-8-17-11-14-7-5-6-9-20(14)16-10-15(13(2)3)18-12-19-16/h10,12-14,17H,4-9,11H2,1-3H3. The normalized spacial score (nSPS) is 19.6. The third-order valence-corrected chi connectivity index (χ3v) is 3.99. The summed E-state index contributed by atoms with van der Waals surface area (Å²) in [7, 11) is 0. The quantitative estimate of drug-likeness (QED) is 0.811. The fraction of sp³-hybridized carbons (Fsp3) is 0.750. The molecule has 1 aliphatic heterocycles. The summed E-state index contributed by atoms with van der Waals surface area (Å²) in [6, 6.07) is 2.74. The van der Waals surface area contributed by atoms with Gasteiger partial charge < -0.3 is 10.2 Å². The maximum absolute atomic E-state index is 4.51. The minimum absolute atomic E-state index is 0.457. The van der Waals surface area contributed by atoms with E-state index in [1.54, 1.807) is 6.33 Å². The lowest BCUT2D eigenvalue weighted by atomic mass is 10.0. The molecule has 0 radical (unpaired) electrons. The molecule has 1 aromatic rings. The van der Waals surface area contributed by atoms with Gasteiger partial charge in [0.05, 0.1) is 0 Å². The summed E-state index contributed by atoms with van der Waals surface area (Å²) in [5, 5.41) is 3.56. The molecule has 1 aromatic heterocycles. The number of nitrogens with zero attached hydrogens (tertiary/aromatic N) is 3.